The van der Waals surface area contributed by atoms with Crippen molar-refractivity contribution >= 4 is 35.0 Å². The Morgan fingerprint density at radius 2 is 1.44 bits per heavy atom. The van der Waals surface area contributed by atoms with Gasteiger partial charge < -0.3 is 20.1 Å². The fraction of sp³-hybridized carbons (Fsp3) is 0.107. The average molecular weight is 500 g/mol. The number of benzene rings is 3. The number of aromatic nitrogens is 1. The van der Waals surface area contributed by atoms with Crippen LogP contribution in [0, 0.1) is 0 Å². The quantitative estimate of drug-likeness (QED) is 0.282. The van der Waals surface area contributed by atoms with Gasteiger partial charge in [-0.05, 0) is 48.0 Å². The number of thioether (sulfide) groups is 1. The van der Waals surface area contributed by atoms with Crippen LogP contribution in [0.4, 0.5) is 11.4 Å². The Labute approximate surface area is 213 Å². The van der Waals surface area contributed by atoms with Gasteiger partial charge in [0.05, 0.1) is 14.2 Å². The lowest BCUT2D eigenvalue weighted by atomic mass is 10.1. The first-order chi connectivity index (χ1) is 17.6. The third-order valence-corrected chi connectivity index (χ3v) is 6.54. The van der Waals surface area contributed by atoms with Crippen LogP contribution in [0.5, 0.6) is 11.5 Å². The minimum absolute atomic E-state index is 0.161. The van der Waals surface area contributed by atoms with Gasteiger partial charge in [-0.2, -0.15) is 0 Å². The van der Waals surface area contributed by atoms with Gasteiger partial charge in [0, 0.05) is 28.7 Å². The third kappa shape index (κ3) is 6.03. The van der Waals surface area contributed by atoms with Gasteiger partial charge in [0.1, 0.15) is 22.3 Å². The zero-order valence-corrected chi connectivity index (χ0v) is 20.6. The Hall–Kier alpha value is -4.30. The maximum Gasteiger partial charge on any atom is 0.263 e. The SMILES string of the molecule is COc1cccc(OC)c1C(=O)Nc1cccc(SC(C(=O)Nc2ccncc2)c2ccccc2)c1. The second-order valence-electron chi connectivity index (χ2n) is 7.65. The molecule has 2 amide bonds. The normalized spacial score (nSPS) is 11.3. The van der Waals surface area contributed by atoms with E-state index in [1.807, 2.05) is 48.5 Å². The number of nitrogens with one attached hydrogen (secondary N) is 2. The lowest BCUT2D eigenvalue weighted by molar-refractivity contribution is -0.115. The molecule has 1 heterocycles. The summed E-state index contributed by atoms with van der Waals surface area (Å²) >= 11 is 1.39. The summed E-state index contributed by atoms with van der Waals surface area (Å²) in [5, 5.41) is 5.35. The molecule has 182 valence electrons. The van der Waals surface area contributed by atoms with Crippen LogP contribution in [-0.4, -0.2) is 31.0 Å². The molecule has 0 aliphatic heterocycles. The standard InChI is InChI=1S/C28H25N3O4S/c1-34-23-12-7-13-24(35-2)25(23)27(32)31-21-10-6-11-22(18-21)36-26(19-8-4-3-5-9-19)28(33)30-20-14-16-29-17-15-20/h3-18,26H,1-2H3,(H,31,32)(H,29,30,33). The summed E-state index contributed by atoms with van der Waals surface area (Å²) in [7, 11) is 3.01. The monoisotopic (exact) mass is 499 g/mol. The molecule has 0 saturated carbocycles. The molecule has 0 fully saturated rings. The van der Waals surface area contributed by atoms with Crippen LogP contribution in [0.3, 0.4) is 0 Å². The van der Waals surface area contributed by atoms with Gasteiger partial charge in [0.15, 0.2) is 0 Å². The Morgan fingerprint density at radius 3 is 2.11 bits per heavy atom. The molecule has 4 aromatic rings. The van der Waals surface area contributed by atoms with E-state index < -0.39 is 5.25 Å². The van der Waals surface area contributed by atoms with E-state index in [2.05, 4.69) is 15.6 Å². The summed E-state index contributed by atoms with van der Waals surface area (Å²) in [6.07, 6.45) is 3.26. The van der Waals surface area contributed by atoms with Crippen molar-refractivity contribution < 1.29 is 19.1 Å². The van der Waals surface area contributed by atoms with Gasteiger partial charge in [0.2, 0.25) is 5.91 Å². The number of methoxy groups -OCH3 is 2. The van der Waals surface area contributed by atoms with E-state index in [1.54, 1.807) is 48.8 Å². The van der Waals surface area contributed by atoms with Crippen LogP contribution in [0.25, 0.3) is 0 Å². The summed E-state index contributed by atoms with van der Waals surface area (Å²) in [6, 6.07) is 25.6. The van der Waals surface area contributed by atoms with Crippen molar-refractivity contribution in [1.82, 2.24) is 4.98 Å². The van der Waals surface area contributed by atoms with Crippen LogP contribution in [0.2, 0.25) is 0 Å². The largest absolute Gasteiger partial charge is 0.496 e. The molecule has 8 heteroatoms. The smallest absolute Gasteiger partial charge is 0.263 e. The molecular formula is C28H25N3O4S. The van der Waals surface area contributed by atoms with Crippen molar-refractivity contribution in [3.8, 4) is 11.5 Å². The lowest BCUT2D eigenvalue weighted by Crippen LogP contribution is -2.19. The Morgan fingerprint density at radius 1 is 0.778 bits per heavy atom. The van der Waals surface area contributed by atoms with Crippen molar-refractivity contribution in [2.24, 2.45) is 0 Å². The van der Waals surface area contributed by atoms with Gasteiger partial charge in [-0.25, -0.2) is 0 Å². The minimum atomic E-state index is -0.514. The van der Waals surface area contributed by atoms with Gasteiger partial charge in [-0.3, -0.25) is 14.6 Å². The number of carbonyl (C=O) groups is 2. The minimum Gasteiger partial charge on any atom is -0.496 e. The highest BCUT2D eigenvalue weighted by atomic mass is 32.2. The number of carbonyl (C=O) groups excluding carboxylic acids is 2. The predicted octanol–water partition coefficient (Wildman–Crippen LogP) is 5.82. The second kappa shape index (κ2) is 11.9. The van der Waals surface area contributed by atoms with Gasteiger partial charge >= 0.3 is 0 Å². The number of anilines is 2. The first kappa shape index (κ1) is 24.8. The number of rotatable bonds is 9. The first-order valence-corrected chi connectivity index (χ1v) is 12.0. The molecular weight excluding hydrogens is 474 g/mol. The van der Waals surface area contributed by atoms with Crippen LogP contribution in [0.1, 0.15) is 21.2 Å². The molecule has 0 saturated heterocycles. The number of ether oxygens (including phenoxy) is 2. The lowest BCUT2D eigenvalue weighted by Gasteiger charge is -2.18. The fourth-order valence-electron chi connectivity index (χ4n) is 3.60. The van der Waals surface area contributed by atoms with Crippen molar-refractivity contribution in [2.45, 2.75) is 10.1 Å². The number of hydrogen-bond donors (Lipinski definition) is 2. The van der Waals surface area contributed by atoms with Crippen LogP contribution in [-0.2, 0) is 4.79 Å². The zero-order valence-electron chi connectivity index (χ0n) is 19.8. The van der Waals surface area contributed by atoms with E-state index in [-0.39, 0.29) is 11.8 Å². The highest BCUT2D eigenvalue weighted by molar-refractivity contribution is 8.00. The zero-order chi connectivity index (χ0) is 25.3. The van der Waals surface area contributed by atoms with E-state index >= 15 is 0 Å². The molecule has 0 aliphatic rings. The van der Waals surface area contributed by atoms with E-state index in [1.165, 1.54) is 26.0 Å². The molecule has 1 atom stereocenters. The molecule has 0 spiro atoms. The van der Waals surface area contributed by atoms with Crippen molar-refractivity contribution in [1.29, 1.82) is 0 Å². The summed E-state index contributed by atoms with van der Waals surface area (Å²) in [5.74, 6) is 0.302. The molecule has 4 rings (SSSR count). The molecule has 1 aromatic heterocycles. The number of hydrogen-bond acceptors (Lipinski definition) is 6. The van der Waals surface area contributed by atoms with Crippen molar-refractivity contribution in [2.75, 3.05) is 24.9 Å². The predicted molar refractivity (Wildman–Crippen MR) is 142 cm³/mol. The highest BCUT2D eigenvalue weighted by Gasteiger charge is 2.23. The molecule has 36 heavy (non-hydrogen) atoms. The molecule has 3 aromatic carbocycles. The van der Waals surface area contributed by atoms with E-state index in [0.29, 0.717) is 28.4 Å². The summed E-state index contributed by atoms with van der Waals surface area (Å²) in [4.78, 5) is 31.2. The molecule has 1 unspecified atom stereocenters. The van der Waals surface area contributed by atoms with Crippen molar-refractivity contribution in [3.05, 3.63) is 108 Å². The summed E-state index contributed by atoms with van der Waals surface area (Å²) in [6.45, 7) is 0. The van der Waals surface area contributed by atoms with Crippen LogP contribution >= 0.6 is 11.8 Å². The highest BCUT2D eigenvalue weighted by Crippen LogP contribution is 2.37. The average Bonchev–Trinajstić information content (AvgIpc) is 2.92. The molecule has 2 N–H and O–H groups in total. The van der Waals surface area contributed by atoms with Gasteiger partial charge in [0.25, 0.3) is 5.91 Å². The fourth-order valence-corrected chi connectivity index (χ4v) is 4.68. The number of amides is 2. The molecule has 7 nitrogen and oxygen atoms in total. The summed E-state index contributed by atoms with van der Waals surface area (Å²) < 4.78 is 10.7. The maximum atomic E-state index is 13.3. The number of nitrogens with zero attached hydrogens (tertiary/aromatic N) is 1. The van der Waals surface area contributed by atoms with E-state index in [4.69, 9.17) is 9.47 Å². The first-order valence-electron chi connectivity index (χ1n) is 11.1. The van der Waals surface area contributed by atoms with Crippen LogP contribution < -0.4 is 20.1 Å². The van der Waals surface area contributed by atoms with Crippen molar-refractivity contribution in [3.63, 3.8) is 0 Å². The Bertz CT molecular complexity index is 1310. The number of pyridine rings is 1. The Balaban J connectivity index is 1.57. The Kier molecular flexibility index (Phi) is 8.20. The second-order valence-corrected chi connectivity index (χ2v) is 8.83. The van der Waals surface area contributed by atoms with Crippen LogP contribution in [0.15, 0.2) is 102 Å². The topological polar surface area (TPSA) is 89.5 Å². The van der Waals surface area contributed by atoms with E-state index in [9.17, 15) is 9.59 Å². The molecule has 0 radical (unpaired) electrons. The third-order valence-electron chi connectivity index (χ3n) is 5.29. The van der Waals surface area contributed by atoms with Gasteiger partial charge in [-0.1, -0.05) is 42.5 Å². The molecule has 0 bridgehead atoms. The maximum absolute atomic E-state index is 13.3. The molecule has 0 aliphatic carbocycles. The van der Waals surface area contributed by atoms with Gasteiger partial charge in [-0.15, -0.1) is 11.8 Å². The van der Waals surface area contributed by atoms with E-state index in [0.717, 1.165) is 10.5 Å². The summed E-state index contributed by atoms with van der Waals surface area (Å²) in [5.41, 5.74) is 2.42.